The van der Waals surface area contributed by atoms with E-state index in [1.807, 2.05) is 55.6 Å². The largest absolute Gasteiger partial charge is 0.466 e. The minimum atomic E-state index is -0.214. The molecule has 0 saturated carbocycles. The summed E-state index contributed by atoms with van der Waals surface area (Å²) in [6, 6.07) is 21.1. The van der Waals surface area contributed by atoms with Crippen LogP contribution in [-0.4, -0.2) is 17.1 Å². The number of aromatic nitrogens is 1. The SMILES string of the molecule is CCOC(=O)Cc1cn(Cc2ccc(Oc3ccc(Cl)c(Cl)c3)cc2)c2ccccc12. The topological polar surface area (TPSA) is 40.5 Å². The Bertz CT molecular complexity index is 1220. The second-order valence-electron chi connectivity index (χ2n) is 7.10. The Kier molecular flexibility index (Phi) is 6.50. The highest BCUT2D eigenvalue weighted by atomic mass is 35.5. The van der Waals surface area contributed by atoms with Crippen molar-refractivity contribution in [3.05, 3.63) is 94.1 Å². The Morgan fingerprint density at radius 2 is 1.68 bits per heavy atom. The number of carbonyl (C=O) groups excluding carboxylic acids is 1. The molecule has 158 valence electrons. The van der Waals surface area contributed by atoms with Crippen LogP contribution in [0.3, 0.4) is 0 Å². The van der Waals surface area contributed by atoms with E-state index >= 15 is 0 Å². The van der Waals surface area contributed by atoms with Crippen molar-refractivity contribution in [2.75, 3.05) is 6.61 Å². The van der Waals surface area contributed by atoms with Crippen LogP contribution in [0, 0.1) is 0 Å². The number of fused-ring (bicyclic) bond motifs is 1. The van der Waals surface area contributed by atoms with Gasteiger partial charge < -0.3 is 14.0 Å². The predicted octanol–water partition coefficient (Wildman–Crippen LogP) is 6.89. The summed E-state index contributed by atoms with van der Waals surface area (Å²) in [5.74, 6) is 1.12. The molecule has 0 saturated heterocycles. The quantitative estimate of drug-likeness (QED) is 0.286. The van der Waals surface area contributed by atoms with E-state index in [0.717, 1.165) is 22.0 Å². The highest BCUT2D eigenvalue weighted by molar-refractivity contribution is 6.42. The Morgan fingerprint density at radius 1 is 0.935 bits per heavy atom. The smallest absolute Gasteiger partial charge is 0.310 e. The lowest BCUT2D eigenvalue weighted by Gasteiger charge is -2.09. The summed E-state index contributed by atoms with van der Waals surface area (Å²) in [6.07, 6.45) is 2.29. The Balaban J connectivity index is 1.52. The van der Waals surface area contributed by atoms with Crippen LogP contribution in [0.5, 0.6) is 11.5 Å². The van der Waals surface area contributed by atoms with E-state index < -0.39 is 0 Å². The minimum Gasteiger partial charge on any atom is -0.466 e. The van der Waals surface area contributed by atoms with Gasteiger partial charge in [-0.3, -0.25) is 4.79 Å². The number of hydrogen-bond acceptors (Lipinski definition) is 3. The molecule has 0 amide bonds. The molecule has 0 bridgehead atoms. The van der Waals surface area contributed by atoms with Gasteiger partial charge in [0.25, 0.3) is 0 Å². The third-order valence-electron chi connectivity index (χ3n) is 4.91. The van der Waals surface area contributed by atoms with Crippen molar-refractivity contribution in [2.24, 2.45) is 0 Å². The number of carbonyl (C=O) groups is 1. The fourth-order valence-corrected chi connectivity index (χ4v) is 3.79. The zero-order valence-electron chi connectivity index (χ0n) is 17.0. The number of hydrogen-bond donors (Lipinski definition) is 0. The monoisotopic (exact) mass is 453 g/mol. The standard InChI is InChI=1S/C25H21Cl2NO3/c1-2-30-25(29)13-18-16-28(24-6-4-3-5-21(18)24)15-17-7-9-19(10-8-17)31-20-11-12-22(26)23(27)14-20/h3-12,14,16H,2,13,15H2,1H3. The fourth-order valence-electron chi connectivity index (χ4n) is 3.50. The number of ether oxygens (including phenoxy) is 2. The highest BCUT2D eigenvalue weighted by Crippen LogP contribution is 2.30. The molecule has 0 aliphatic heterocycles. The van der Waals surface area contributed by atoms with E-state index in [1.54, 1.807) is 18.2 Å². The van der Waals surface area contributed by atoms with Crippen LogP contribution in [0.2, 0.25) is 10.0 Å². The van der Waals surface area contributed by atoms with E-state index in [0.29, 0.717) is 34.7 Å². The Hall–Kier alpha value is -2.95. The predicted molar refractivity (Wildman–Crippen MR) is 124 cm³/mol. The first-order valence-corrected chi connectivity index (χ1v) is 10.7. The van der Waals surface area contributed by atoms with Gasteiger partial charge >= 0.3 is 5.97 Å². The molecule has 1 aromatic heterocycles. The zero-order chi connectivity index (χ0) is 21.8. The van der Waals surface area contributed by atoms with E-state index in [-0.39, 0.29) is 12.4 Å². The molecule has 0 aliphatic rings. The van der Waals surface area contributed by atoms with Crippen LogP contribution in [0.1, 0.15) is 18.1 Å². The number of para-hydroxylation sites is 1. The van der Waals surface area contributed by atoms with E-state index in [4.69, 9.17) is 32.7 Å². The summed E-state index contributed by atoms with van der Waals surface area (Å²) < 4.78 is 13.1. The lowest BCUT2D eigenvalue weighted by molar-refractivity contribution is -0.142. The summed E-state index contributed by atoms with van der Waals surface area (Å²) in [5.41, 5.74) is 3.16. The molecule has 0 aliphatic carbocycles. The molecule has 4 rings (SSSR count). The molecule has 0 unspecified atom stereocenters. The van der Waals surface area contributed by atoms with E-state index in [1.165, 1.54) is 0 Å². The van der Waals surface area contributed by atoms with Gasteiger partial charge in [-0.1, -0.05) is 53.5 Å². The maximum absolute atomic E-state index is 12.0. The molecular formula is C25H21Cl2NO3. The molecule has 4 aromatic rings. The molecule has 4 nitrogen and oxygen atoms in total. The second-order valence-corrected chi connectivity index (χ2v) is 7.92. The normalized spacial score (nSPS) is 10.9. The van der Waals surface area contributed by atoms with Gasteiger partial charge in [0.05, 0.1) is 23.1 Å². The first-order chi connectivity index (χ1) is 15.0. The van der Waals surface area contributed by atoms with Crippen molar-refractivity contribution in [3.63, 3.8) is 0 Å². The van der Waals surface area contributed by atoms with Gasteiger partial charge in [0.15, 0.2) is 0 Å². The van der Waals surface area contributed by atoms with Crippen molar-refractivity contribution in [1.82, 2.24) is 4.57 Å². The van der Waals surface area contributed by atoms with E-state index in [2.05, 4.69) is 10.6 Å². The molecule has 0 N–H and O–H groups in total. The summed E-state index contributed by atoms with van der Waals surface area (Å²) in [4.78, 5) is 12.0. The number of halogens is 2. The lowest BCUT2D eigenvalue weighted by atomic mass is 10.1. The number of nitrogens with zero attached hydrogens (tertiary/aromatic N) is 1. The lowest BCUT2D eigenvalue weighted by Crippen LogP contribution is -2.07. The molecule has 6 heteroatoms. The van der Waals surface area contributed by atoms with Gasteiger partial charge in [0.1, 0.15) is 11.5 Å². The highest BCUT2D eigenvalue weighted by Gasteiger charge is 2.13. The maximum atomic E-state index is 12.0. The van der Waals surface area contributed by atoms with Gasteiger partial charge in [-0.2, -0.15) is 0 Å². The van der Waals surface area contributed by atoms with Crippen molar-refractivity contribution in [3.8, 4) is 11.5 Å². The van der Waals surface area contributed by atoms with Gasteiger partial charge in [0, 0.05) is 29.7 Å². The van der Waals surface area contributed by atoms with Crippen molar-refractivity contribution in [1.29, 1.82) is 0 Å². The van der Waals surface area contributed by atoms with Gasteiger partial charge in [-0.15, -0.1) is 0 Å². The van der Waals surface area contributed by atoms with Crippen LogP contribution in [0.25, 0.3) is 10.9 Å². The van der Waals surface area contributed by atoms with Gasteiger partial charge in [0.2, 0.25) is 0 Å². The van der Waals surface area contributed by atoms with E-state index in [9.17, 15) is 4.79 Å². The third kappa shape index (κ3) is 5.04. The first kappa shape index (κ1) is 21.3. The van der Waals surface area contributed by atoms with Crippen LogP contribution >= 0.6 is 23.2 Å². The average molecular weight is 454 g/mol. The molecule has 0 radical (unpaired) electrons. The molecule has 0 spiro atoms. The first-order valence-electron chi connectivity index (χ1n) is 9.97. The minimum absolute atomic E-state index is 0.214. The fraction of sp³-hybridized carbons (Fsp3) is 0.160. The van der Waals surface area contributed by atoms with Gasteiger partial charge in [-0.25, -0.2) is 0 Å². The summed E-state index contributed by atoms with van der Waals surface area (Å²) in [7, 11) is 0. The third-order valence-corrected chi connectivity index (χ3v) is 5.65. The molecule has 3 aromatic carbocycles. The summed E-state index contributed by atoms with van der Waals surface area (Å²) in [5, 5.41) is 2.01. The van der Waals surface area contributed by atoms with Gasteiger partial charge in [-0.05, 0) is 48.4 Å². The number of esters is 1. The van der Waals surface area contributed by atoms with Crippen LogP contribution < -0.4 is 4.74 Å². The van der Waals surface area contributed by atoms with Crippen molar-refractivity contribution >= 4 is 40.1 Å². The Labute approximate surface area is 190 Å². The number of rotatable bonds is 7. The molecular weight excluding hydrogens is 433 g/mol. The Morgan fingerprint density at radius 3 is 2.42 bits per heavy atom. The molecule has 0 atom stereocenters. The zero-order valence-corrected chi connectivity index (χ0v) is 18.5. The van der Waals surface area contributed by atoms with Crippen molar-refractivity contribution in [2.45, 2.75) is 19.9 Å². The van der Waals surface area contributed by atoms with Crippen LogP contribution in [-0.2, 0) is 22.5 Å². The summed E-state index contributed by atoms with van der Waals surface area (Å²) >= 11 is 12.0. The average Bonchev–Trinajstić information content (AvgIpc) is 3.09. The second kappa shape index (κ2) is 9.46. The number of benzene rings is 3. The van der Waals surface area contributed by atoms with Crippen molar-refractivity contribution < 1.29 is 14.3 Å². The summed E-state index contributed by atoms with van der Waals surface area (Å²) in [6.45, 7) is 2.88. The maximum Gasteiger partial charge on any atom is 0.310 e. The molecule has 1 heterocycles. The van der Waals surface area contributed by atoms with Crippen LogP contribution in [0.4, 0.5) is 0 Å². The molecule has 31 heavy (non-hydrogen) atoms. The molecule has 0 fully saturated rings. The van der Waals surface area contributed by atoms with Crippen LogP contribution in [0.15, 0.2) is 72.9 Å².